The van der Waals surface area contributed by atoms with Gasteiger partial charge in [0.1, 0.15) is 40.6 Å². The average Bonchev–Trinajstić information content (AvgIpc) is 0.754. The first kappa shape index (κ1) is 77.5. The van der Waals surface area contributed by atoms with Gasteiger partial charge in [0.05, 0.1) is 33.2 Å². The monoisotopic (exact) mass is 1530 g/mol. The predicted octanol–water partition coefficient (Wildman–Crippen LogP) is 8.85. The highest BCUT2D eigenvalue weighted by molar-refractivity contribution is 6.31. The fourth-order valence-corrected chi connectivity index (χ4v) is 16.6. The van der Waals surface area contributed by atoms with Crippen LogP contribution in [0.5, 0.6) is 0 Å². The number of benzene rings is 3. The molecular formula is C79H94Cl3N25O2. The molecule has 109 heavy (non-hydrogen) atoms. The molecule has 568 valence electrons. The van der Waals surface area contributed by atoms with Crippen molar-refractivity contribution in [3.8, 4) is 18.2 Å². The van der Waals surface area contributed by atoms with Crippen molar-refractivity contribution in [2.75, 3.05) is 180 Å². The molecule has 8 aliphatic rings. The van der Waals surface area contributed by atoms with Crippen molar-refractivity contribution in [1.29, 1.82) is 15.8 Å². The van der Waals surface area contributed by atoms with E-state index in [-0.39, 0.29) is 22.3 Å². The second-order valence-corrected chi connectivity index (χ2v) is 30.5. The molecule has 17 rings (SSSR count). The van der Waals surface area contributed by atoms with Crippen LogP contribution >= 0.6 is 34.8 Å². The summed E-state index contributed by atoms with van der Waals surface area (Å²) in [4.78, 5) is 74.0. The Morgan fingerprint density at radius 1 is 0.431 bits per heavy atom. The van der Waals surface area contributed by atoms with Crippen LogP contribution in [0.3, 0.4) is 0 Å². The molecule has 6 atom stereocenters. The van der Waals surface area contributed by atoms with E-state index in [0.29, 0.717) is 58.1 Å². The summed E-state index contributed by atoms with van der Waals surface area (Å²) in [5, 5.41) is 42.4. The number of hydrogen-bond acceptors (Lipinski definition) is 26. The van der Waals surface area contributed by atoms with Gasteiger partial charge in [-0.15, -0.1) is 0 Å². The molecule has 9 aromatic rings. The maximum Gasteiger partial charge on any atom is 0.410 e. The van der Waals surface area contributed by atoms with Crippen LogP contribution in [0.15, 0.2) is 128 Å². The molecule has 0 unspecified atom stereocenters. The second-order valence-electron chi connectivity index (χ2n) is 29.5. The molecule has 1 amide bonds. The van der Waals surface area contributed by atoms with Gasteiger partial charge in [0.15, 0.2) is 0 Å². The molecule has 0 aliphatic carbocycles. The molecule has 30 heteroatoms. The van der Waals surface area contributed by atoms with Crippen molar-refractivity contribution in [2.24, 2.45) is 0 Å². The minimum absolute atomic E-state index is 0.178. The van der Waals surface area contributed by atoms with E-state index < -0.39 is 0 Å². The van der Waals surface area contributed by atoms with Crippen LogP contribution in [-0.2, 0) is 4.74 Å². The zero-order chi connectivity index (χ0) is 76.1. The SMILES string of the molecule is CC(C)(C)OC(=O)N1CCNCC1.C[C@@H]1CN(c2ccc(C#N)c3ncccc23)C[C@@H]2CN(c3ccnc(Cl)n3)CCN21.C[C@@H]1CN(c2ccc(C#N)c3ncccc23)C[C@@H]2CN(c3ccnc(N4CCNCC4)n3)CCN21.C[C@@H]1CN(c2ccc(C#N)c3ncccc23)C[C@@H]2CNCCN21.Clc1ccnc(Cl)n1. The Bertz CT molecular complexity index is 4740. The van der Waals surface area contributed by atoms with Crippen LogP contribution in [0, 0.1) is 34.0 Å². The Hall–Kier alpha value is -9.70. The van der Waals surface area contributed by atoms with Crippen molar-refractivity contribution in [1.82, 2.24) is 80.4 Å². The highest BCUT2D eigenvalue weighted by Gasteiger charge is 2.40. The Kier molecular flexibility index (Phi) is 25.4. The number of hydrogen-bond donors (Lipinski definition) is 3. The standard InChI is InChI=1S/C26H31N9.C22H22ClN7.C18H21N5.C9H18N2O2.C4H2Cl2N2/c1-19-16-34(23-5-4-20(15-27)25-22(23)3-2-7-29-25)18-21-17-33(13-14-35(19)21)24-6-8-30-26(31-24)32-11-9-28-10-12-32;1-15-12-29(19-5-4-16(11-24)21-18(19)3-2-7-25-21)14-17-13-28(9-10-30(15)17)20-6-8-26-22(23)27-20;1-13-11-22(12-15-10-20-7-8-23(13)15)17-5-4-14(9-19)18-16(17)3-2-6-21-18;1-9(2,3)13-8(12)11-6-4-10-5-7-11;5-3-1-2-7-4(6)8-3/h2-8,19,21,28H,9-14,16-18H2,1H3;2-8,15,17H,9-10,12-14H2,1H3;2-6,13,15,20H,7-8,10-12H2,1H3;10H,4-7H2,1-3H3;1-2H/t19-,21+;15-,17+;13-,15+;;/m111../s1. The van der Waals surface area contributed by atoms with Crippen molar-refractivity contribution in [3.63, 3.8) is 0 Å². The molecule has 0 saturated carbocycles. The Labute approximate surface area is 652 Å². The minimum atomic E-state index is -0.387. The van der Waals surface area contributed by atoms with Gasteiger partial charge in [0.25, 0.3) is 0 Å². The normalized spacial score (nSPS) is 21.7. The lowest BCUT2D eigenvalue weighted by Gasteiger charge is -2.51. The smallest absolute Gasteiger partial charge is 0.410 e. The number of carbonyl (C=O) groups excluding carboxylic acids is 1. The molecule has 3 N–H and O–H groups in total. The molecule has 14 heterocycles. The van der Waals surface area contributed by atoms with Gasteiger partial charge in [-0.25, -0.2) is 29.7 Å². The molecule has 0 bridgehead atoms. The zero-order valence-corrected chi connectivity index (χ0v) is 64.9. The molecule has 0 spiro atoms. The number of anilines is 6. The average molecular weight is 1530 g/mol. The molecule has 8 fully saturated rings. The maximum atomic E-state index is 11.5. The third-order valence-corrected chi connectivity index (χ3v) is 21.7. The van der Waals surface area contributed by atoms with E-state index in [9.17, 15) is 20.6 Å². The van der Waals surface area contributed by atoms with Crippen LogP contribution in [0.2, 0.25) is 15.7 Å². The van der Waals surface area contributed by atoms with Crippen LogP contribution in [0.1, 0.15) is 58.2 Å². The van der Waals surface area contributed by atoms with Gasteiger partial charge >= 0.3 is 6.09 Å². The maximum absolute atomic E-state index is 11.5. The Morgan fingerprint density at radius 3 is 1.28 bits per heavy atom. The lowest BCUT2D eigenvalue weighted by atomic mass is 10.0. The highest BCUT2D eigenvalue weighted by atomic mass is 35.5. The summed E-state index contributed by atoms with van der Waals surface area (Å²) < 4.78 is 5.24. The van der Waals surface area contributed by atoms with Crippen molar-refractivity contribution >= 4 is 108 Å². The number of ether oxygens (including phenoxy) is 1. The van der Waals surface area contributed by atoms with E-state index in [4.69, 9.17) is 44.5 Å². The lowest BCUT2D eigenvalue weighted by molar-refractivity contribution is 0.0228. The molecular weight excluding hydrogens is 1440 g/mol. The van der Waals surface area contributed by atoms with Crippen LogP contribution in [0.4, 0.5) is 39.4 Å². The zero-order valence-electron chi connectivity index (χ0n) is 62.6. The topological polar surface area (TPSA) is 282 Å². The minimum Gasteiger partial charge on any atom is -0.444 e. The number of aromatic nitrogens is 9. The number of carbonyl (C=O) groups is 1. The number of amides is 1. The van der Waals surface area contributed by atoms with Crippen LogP contribution in [0.25, 0.3) is 32.7 Å². The van der Waals surface area contributed by atoms with E-state index in [1.165, 1.54) is 17.6 Å². The fourth-order valence-electron chi connectivity index (χ4n) is 16.1. The molecule has 27 nitrogen and oxygen atoms in total. The largest absolute Gasteiger partial charge is 0.444 e. The summed E-state index contributed by atoms with van der Waals surface area (Å²) in [5.41, 5.74) is 7.38. The number of pyridine rings is 3. The first-order valence-electron chi connectivity index (χ1n) is 37.6. The first-order chi connectivity index (χ1) is 52.9. The predicted molar refractivity (Wildman–Crippen MR) is 430 cm³/mol. The van der Waals surface area contributed by atoms with Gasteiger partial charge in [-0.3, -0.25) is 29.7 Å². The number of nitrogens with one attached hydrogen (secondary N) is 3. The molecule has 0 radical (unpaired) electrons. The lowest BCUT2D eigenvalue weighted by Crippen LogP contribution is -2.65. The third kappa shape index (κ3) is 18.8. The highest BCUT2D eigenvalue weighted by Crippen LogP contribution is 2.36. The number of nitrogens with zero attached hydrogens (tertiary/aromatic N) is 22. The van der Waals surface area contributed by atoms with Crippen LogP contribution in [-0.4, -0.2) is 263 Å². The number of nitriles is 3. The summed E-state index contributed by atoms with van der Waals surface area (Å²) in [6, 6.07) is 39.1. The van der Waals surface area contributed by atoms with Gasteiger partial charge in [-0.1, -0.05) is 11.6 Å². The van der Waals surface area contributed by atoms with Gasteiger partial charge < -0.3 is 55.0 Å². The quantitative estimate of drug-likeness (QED) is 0.103. The fraction of sp³-hybridized carbons (Fsp3) is 0.456. The van der Waals surface area contributed by atoms with Gasteiger partial charge in [0.2, 0.25) is 16.5 Å². The number of halogens is 3. The summed E-state index contributed by atoms with van der Waals surface area (Å²) >= 11 is 16.8. The van der Waals surface area contributed by atoms with Gasteiger partial charge in [-0.2, -0.15) is 20.8 Å². The van der Waals surface area contributed by atoms with Crippen molar-refractivity contribution in [3.05, 3.63) is 161 Å². The third-order valence-electron chi connectivity index (χ3n) is 21.2. The summed E-state index contributed by atoms with van der Waals surface area (Å²) in [6.07, 6.45) is 10.2. The molecule has 8 saturated heterocycles. The molecule has 3 aromatic carbocycles. The molecule has 6 aromatic heterocycles. The number of piperazine rings is 8. The van der Waals surface area contributed by atoms with Crippen molar-refractivity contribution in [2.45, 2.75) is 83.4 Å². The van der Waals surface area contributed by atoms with Crippen molar-refractivity contribution < 1.29 is 9.53 Å². The van der Waals surface area contributed by atoms with E-state index in [2.05, 4.69) is 175 Å². The van der Waals surface area contributed by atoms with E-state index >= 15 is 0 Å². The van der Waals surface area contributed by atoms with Gasteiger partial charge in [-0.05, 0) is 156 Å². The number of rotatable bonds is 6. The summed E-state index contributed by atoms with van der Waals surface area (Å²) in [7, 11) is 0. The first-order valence-corrected chi connectivity index (χ1v) is 38.7. The second kappa shape index (κ2) is 35.8. The van der Waals surface area contributed by atoms with Gasteiger partial charge in [0, 0.05) is 257 Å². The van der Waals surface area contributed by atoms with E-state index in [1.54, 1.807) is 35.8 Å². The Morgan fingerprint density at radius 2 is 0.844 bits per heavy atom. The van der Waals surface area contributed by atoms with Crippen LogP contribution < -0.4 is 45.3 Å². The van der Waals surface area contributed by atoms with E-state index in [1.807, 2.05) is 75.5 Å². The Balaban J connectivity index is 0.000000129. The number of fused-ring (bicyclic) bond motifs is 6. The van der Waals surface area contributed by atoms with E-state index in [0.717, 1.165) is 207 Å². The molecule has 8 aliphatic heterocycles. The summed E-state index contributed by atoms with van der Waals surface area (Å²) in [6.45, 7) is 34.5. The summed E-state index contributed by atoms with van der Waals surface area (Å²) in [5.74, 6) is 2.74.